The minimum atomic E-state index is -1.47. The fraction of sp³-hybridized carbons (Fsp3) is 1.00. The average molecular weight is 273 g/mol. The quantitative estimate of drug-likeness (QED) is 0.672. The first-order valence-electron chi connectivity index (χ1n) is 7.74. The summed E-state index contributed by atoms with van der Waals surface area (Å²) < 4.78 is 11.4. The van der Waals surface area contributed by atoms with Gasteiger partial charge in [-0.25, -0.2) is 0 Å². The smallest absolute Gasteiger partial charge is 0.324 e. The lowest BCUT2D eigenvalue weighted by Crippen LogP contribution is -2.32. The Hall–Kier alpha value is 0.137. The van der Waals surface area contributed by atoms with Crippen LogP contribution in [0.3, 0.4) is 0 Å². The maximum atomic E-state index is 5.70. The van der Waals surface area contributed by atoms with E-state index in [0.717, 1.165) is 11.8 Å². The maximum absolute atomic E-state index is 5.70. The third-order valence-corrected chi connectivity index (χ3v) is 6.76. The van der Waals surface area contributed by atoms with Crippen molar-refractivity contribution >= 4 is 9.28 Å². The average Bonchev–Trinajstić information content (AvgIpc) is 2.28. The Kier molecular flexibility index (Phi) is 8.19. The van der Waals surface area contributed by atoms with Crippen molar-refractivity contribution in [1.29, 1.82) is 0 Å². The first-order valence-corrected chi connectivity index (χ1v) is 9.35. The van der Waals surface area contributed by atoms with Crippen LogP contribution >= 0.6 is 0 Å². The molecule has 0 heterocycles. The fourth-order valence-corrected chi connectivity index (χ4v) is 5.92. The lowest BCUT2D eigenvalue weighted by Gasteiger charge is -2.33. The minimum Gasteiger partial charge on any atom is -0.400 e. The highest BCUT2D eigenvalue weighted by Gasteiger charge is 2.32. The van der Waals surface area contributed by atoms with Gasteiger partial charge in [-0.15, -0.1) is 0 Å². The molecule has 0 N–H and O–H groups in total. The lowest BCUT2D eigenvalue weighted by atomic mass is 9.86. The molecule has 0 aromatic rings. The number of hydrogen-bond donors (Lipinski definition) is 0. The van der Waals surface area contributed by atoms with E-state index in [1.807, 2.05) is 14.2 Å². The van der Waals surface area contributed by atoms with Crippen LogP contribution in [0, 0.1) is 11.8 Å². The van der Waals surface area contributed by atoms with Crippen LogP contribution in [-0.2, 0) is 8.85 Å². The summed E-state index contributed by atoms with van der Waals surface area (Å²) >= 11 is 0. The molecule has 0 saturated heterocycles. The largest absolute Gasteiger partial charge is 0.400 e. The van der Waals surface area contributed by atoms with E-state index in [9.17, 15) is 0 Å². The minimum absolute atomic E-state index is 0.707. The van der Waals surface area contributed by atoms with Crippen LogP contribution in [0.25, 0.3) is 0 Å². The Morgan fingerprint density at radius 2 is 1.44 bits per heavy atom. The predicted octanol–water partition coefficient (Wildman–Crippen LogP) is 4.28. The summed E-state index contributed by atoms with van der Waals surface area (Å²) in [5.74, 6) is 1.60. The molecule has 0 aromatic carbocycles. The van der Waals surface area contributed by atoms with Crippen LogP contribution in [0.15, 0.2) is 0 Å². The first-order chi connectivity index (χ1) is 8.69. The topological polar surface area (TPSA) is 18.5 Å². The van der Waals surface area contributed by atoms with Crippen LogP contribution in [0.1, 0.15) is 65.2 Å². The van der Waals surface area contributed by atoms with Gasteiger partial charge >= 0.3 is 9.28 Å². The third-order valence-electron chi connectivity index (χ3n) is 4.31. The van der Waals surface area contributed by atoms with Crippen molar-refractivity contribution in [1.82, 2.24) is 0 Å². The van der Waals surface area contributed by atoms with Crippen LogP contribution in [0.5, 0.6) is 0 Å². The van der Waals surface area contributed by atoms with Crippen LogP contribution in [0.2, 0.25) is 5.54 Å². The predicted molar refractivity (Wildman–Crippen MR) is 80.2 cm³/mol. The summed E-state index contributed by atoms with van der Waals surface area (Å²) in [5, 5.41) is 0. The van der Waals surface area contributed by atoms with Gasteiger partial charge in [-0.1, -0.05) is 58.8 Å². The van der Waals surface area contributed by atoms with Gasteiger partial charge in [-0.2, -0.15) is 0 Å². The molecule has 0 radical (unpaired) electrons. The van der Waals surface area contributed by atoms with Gasteiger partial charge in [0.1, 0.15) is 0 Å². The number of hydrogen-bond acceptors (Lipinski definition) is 2. The highest BCUT2D eigenvalue weighted by atomic mass is 28.3. The molecule has 0 aromatic heterocycles. The van der Waals surface area contributed by atoms with E-state index in [1.54, 1.807) is 0 Å². The molecule has 0 aliphatic heterocycles. The SMILES string of the molecule is CO[SiH](OC)C(CC(C)C)C1CCCCCCC1. The van der Waals surface area contributed by atoms with Crippen molar-refractivity contribution in [3.05, 3.63) is 0 Å². The monoisotopic (exact) mass is 272 g/mol. The summed E-state index contributed by atoms with van der Waals surface area (Å²) in [7, 11) is 2.22. The van der Waals surface area contributed by atoms with Gasteiger partial charge in [0.25, 0.3) is 0 Å². The second-order valence-electron chi connectivity index (χ2n) is 6.24. The van der Waals surface area contributed by atoms with Gasteiger partial charge in [0.2, 0.25) is 0 Å². The molecule has 1 aliphatic rings. The summed E-state index contributed by atoms with van der Waals surface area (Å²) in [5.41, 5.74) is 0.707. The van der Waals surface area contributed by atoms with Gasteiger partial charge in [0, 0.05) is 19.8 Å². The molecular weight excluding hydrogens is 240 g/mol. The summed E-state index contributed by atoms with van der Waals surface area (Å²) in [6.07, 6.45) is 11.2. The molecular formula is C15H32O2Si. The standard InChI is InChI=1S/C15H32O2Si/c1-13(2)12-15(18(16-3)17-4)14-10-8-6-5-7-9-11-14/h13-15,18H,5-12H2,1-4H3. The molecule has 18 heavy (non-hydrogen) atoms. The molecule has 1 atom stereocenters. The fourth-order valence-electron chi connectivity index (χ4n) is 3.43. The molecule has 2 nitrogen and oxygen atoms in total. The van der Waals surface area contributed by atoms with E-state index in [2.05, 4.69) is 13.8 Å². The van der Waals surface area contributed by atoms with Gasteiger partial charge in [-0.05, 0) is 18.3 Å². The lowest BCUT2D eigenvalue weighted by molar-refractivity contribution is 0.224. The Labute approximate surface area is 115 Å². The number of rotatable bonds is 6. The molecule has 1 unspecified atom stereocenters. The summed E-state index contributed by atoms with van der Waals surface area (Å²) in [6, 6.07) is 0. The zero-order valence-electron chi connectivity index (χ0n) is 12.8. The molecule has 1 aliphatic carbocycles. The van der Waals surface area contributed by atoms with E-state index in [-0.39, 0.29) is 0 Å². The highest BCUT2D eigenvalue weighted by Crippen LogP contribution is 2.38. The first kappa shape index (κ1) is 16.2. The molecule has 0 spiro atoms. The zero-order valence-corrected chi connectivity index (χ0v) is 13.9. The van der Waals surface area contributed by atoms with Crippen molar-refractivity contribution in [3.8, 4) is 0 Å². The van der Waals surface area contributed by atoms with Crippen molar-refractivity contribution in [2.45, 2.75) is 70.8 Å². The van der Waals surface area contributed by atoms with Gasteiger partial charge in [-0.3, -0.25) is 0 Å². The Bertz CT molecular complexity index is 197. The van der Waals surface area contributed by atoms with E-state index in [1.165, 1.54) is 51.4 Å². The molecule has 1 rings (SSSR count). The Morgan fingerprint density at radius 1 is 0.944 bits per heavy atom. The van der Waals surface area contributed by atoms with Crippen LogP contribution in [0.4, 0.5) is 0 Å². The molecule has 3 heteroatoms. The zero-order chi connectivity index (χ0) is 13.4. The second-order valence-corrected chi connectivity index (χ2v) is 8.77. The third kappa shape index (κ3) is 5.41. The molecule has 108 valence electrons. The molecule has 0 amide bonds. The van der Waals surface area contributed by atoms with E-state index in [0.29, 0.717) is 5.54 Å². The van der Waals surface area contributed by atoms with Crippen molar-refractivity contribution in [2.24, 2.45) is 11.8 Å². The van der Waals surface area contributed by atoms with Gasteiger partial charge in [0.05, 0.1) is 0 Å². The molecule has 1 fully saturated rings. The van der Waals surface area contributed by atoms with Crippen molar-refractivity contribution < 1.29 is 8.85 Å². The van der Waals surface area contributed by atoms with Crippen LogP contribution in [-0.4, -0.2) is 23.5 Å². The van der Waals surface area contributed by atoms with Crippen LogP contribution < -0.4 is 0 Å². The van der Waals surface area contributed by atoms with Gasteiger partial charge < -0.3 is 8.85 Å². The van der Waals surface area contributed by atoms with Gasteiger partial charge in [0.15, 0.2) is 0 Å². The van der Waals surface area contributed by atoms with E-state index < -0.39 is 9.28 Å². The second kappa shape index (κ2) is 9.11. The van der Waals surface area contributed by atoms with E-state index in [4.69, 9.17) is 8.85 Å². The Balaban J connectivity index is 2.65. The highest BCUT2D eigenvalue weighted by molar-refractivity contribution is 6.46. The molecule has 0 bridgehead atoms. The Morgan fingerprint density at radius 3 is 1.89 bits per heavy atom. The summed E-state index contributed by atoms with van der Waals surface area (Å²) in [4.78, 5) is 0. The van der Waals surface area contributed by atoms with E-state index >= 15 is 0 Å². The normalized spacial score (nSPS) is 21.0. The summed E-state index contributed by atoms with van der Waals surface area (Å²) in [6.45, 7) is 4.65. The van der Waals surface area contributed by atoms with Crippen molar-refractivity contribution in [3.63, 3.8) is 0 Å². The van der Waals surface area contributed by atoms with Crippen molar-refractivity contribution in [2.75, 3.05) is 14.2 Å². The molecule has 1 saturated carbocycles. The maximum Gasteiger partial charge on any atom is 0.324 e.